The Hall–Kier alpha value is -2.20. The van der Waals surface area contributed by atoms with Crippen LogP contribution in [0.2, 0.25) is 5.02 Å². The highest BCUT2D eigenvalue weighted by Crippen LogP contribution is 2.27. The van der Waals surface area contributed by atoms with Crippen molar-refractivity contribution in [3.8, 4) is 5.75 Å². The first-order valence-corrected chi connectivity index (χ1v) is 10.5. The van der Waals surface area contributed by atoms with Crippen molar-refractivity contribution in [3.05, 3.63) is 46.4 Å². The van der Waals surface area contributed by atoms with E-state index in [1.165, 1.54) is 30.6 Å². The fourth-order valence-electron chi connectivity index (χ4n) is 2.38. The summed E-state index contributed by atoms with van der Waals surface area (Å²) in [6.07, 6.45) is 0. The van der Waals surface area contributed by atoms with Crippen LogP contribution in [-0.4, -0.2) is 33.0 Å². The summed E-state index contributed by atoms with van der Waals surface area (Å²) >= 11 is 7.41. The van der Waals surface area contributed by atoms with E-state index in [1.54, 1.807) is 24.3 Å². The number of nitrogens with one attached hydrogen (secondary N) is 2. The lowest BCUT2D eigenvalue weighted by Gasteiger charge is -2.09. The molecule has 2 N–H and O–H groups in total. The van der Waals surface area contributed by atoms with E-state index in [0.29, 0.717) is 16.5 Å². The number of nitrogens with zero attached hydrogens (tertiary/aromatic N) is 1. The Bertz CT molecular complexity index is 1110. The summed E-state index contributed by atoms with van der Waals surface area (Å²) in [5.74, 6) is -0.0430. The lowest BCUT2D eigenvalue weighted by Crippen LogP contribution is -2.32. The van der Waals surface area contributed by atoms with Gasteiger partial charge in [-0.1, -0.05) is 11.6 Å². The number of ether oxygens (including phenoxy) is 1. The molecule has 0 atom stereocenters. The molecule has 0 aliphatic carbocycles. The Morgan fingerprint density at radius 3 is 2.74 bits per heavy atom. The van der Waals surface area contributed by atoms with Gasteiger partial charge in [-0.25, -0.2) is 18.1 Å². The highest BCUT2D eigenvalue weighted by Gasteiger charge is 2.17. The first-order chi connectivity index (χ1) is 12.8. The third-order valence-corrected chi connectivity index (χ3v) is 6.26. The molecule has 3 rings (SSSR count). The fourth-order valence-corrected chi connectivity index (χ4v) is 4.59. The molecule has 1 aromatic heterocycles. The van der Waals surface area contributed by atoms with Gasteiger partial charge in [0.1, 0.15) is 5.75 Å². The number of hydrogen-bond acceptors (Lipinski definition) is 6. The molecule has 0 aliphatic heterocycles. The number of anilines is 1. The quantitative estimate of drug-likeness (QED) is 0.632. The molecule has 0 saturated carbocycles. The summed E-state index contributed by atoms with van der Waals surface area (Å²) in [6, 6.07) is 9.39. The number of benzene rings is 2. The molecule has 0 fully saturated rings. The molecule has 0 bridgehead atoms. The summed E-state index contributed by atoms with van der Waals surface area (Å²) in [5.41, 5.74) is 1.18. The molecule has 0 aliphatic rings. The molecule has 0 unspecified atom stereocenters. The van der Waals surface area contributed by atoms with Gasteiger partial charge in [-0.15, -0.1) is 11.3 Å². The van der Waals surface area contributed by atoms with Crippen LogP contribution in [0.25, 0.3) is 10.2 Å². The van der Waals surface area contributed by atoms with Crippen molar-refractivity contribution in [2.45, 2.75) is 11.8 Å². The van der Waals surface area contributed by atoms with Gasteiger partial charge in [0.05, 0.1) is 38.8 Å². The minimum Gasteiger partial charge on any atom is -0.495 e. The maximum atomic E-state index is 12.4. The van der Waals surface area contributed by atoms with Gasteiger partial charge in [0.15, 0.2) is 0 Å². The van der Waals surface area contributed by atoms with Gasteiger partial charge in [0.2, 0.25) is 15.9 Å². The molecule has 142 valence electrons. The number of carbonyl (C=O) groups is 1. The number of sulfonamides is 1. The summed E-state index contributed by atoms with van der Waals surface area (Å²) in [5, 5.41) is 3.77. The zero-order valence-corrected chi connectivity index (χ0v) is 16.8. The van der Waals surface area contributed by atoms with Crippen LogP contribution in [-0.2, 0) is 14.8 Å². The van der Waals surface area contributed by atoms with Crippen LogP contribution in [0.15, 0.2) is 41.3 Å². The molecule has 3 aromatic rings. The van der Waals surface area contributed by atoms with Crippen LogP contribution in [0.5, 0.6) is 5.75 Å². The lowest BCUT2D eigenvalue weighted by molar-refractivity contribution is -0.115. The number of aromatic nitrogens is 1. The van der Waals surface area contributed by atoms with Crippen molar-refractivity contribution in [1.82, 2.24) is 9.71 Å². The van der Waals surface area contributed by atoms with E-state index in [9.17, 15) is 13.2 Å². The highest BCUT2D eigenvalue weighted by molar-refractivity contribution is 7.89. The van der Waals surface area contributed by atoms with E-state index in [0.717, 1.165) is 15.2 Å². The molecule has 2 aromatic carbocycles. The summed E-state index contributed by atoms with van der Waals surface area (Å²) in [7, 11) is -2.34. The maximum Gasteiger partial charge on any atom is 0.241 e. The number of thiazole rings is 1. The number of fused-ring (bicyclic) bond motifs is 1. The van der Waals surface area contributed by atoms with E-state index in [-0.39, 0.29) is 4.90 Å². The number of amides is 1. The second-order valence-corrected chi connectivity index (χ2v) is 8.99. The Morgan fingerprint density at radius 1 is 1.26 bits per heavy atom. The smallest absolute Gasteiger partial charge is 0.241 e. The molecular weight excluding hydrogens is 410 g/mol. The maximum absolute atomic E-state index is 12.4. The molecule has 0 saturated heterocycles. The Morgan fingerprint density at radius 2 is 2.04 bits per heavy atom. The molecule has 1 amide bonds. The molecule has 27 heavy (non-hydrogen) atoms. The standard InChI is InChI=1S/C17H16ClN3O4S2/c1-10-20-14-5-4-12(8-16(14)26-10)27(23,24)19-9-17(22)21-11-3-6-15(25-2)13(18)7-11/h3-8,19H,9H2,1-2H3,(H,21,22). The van der Waals surface area contributed by atoms with Crippen molar-refractivity contribution < 1.29 is 17.9 Å². The van der Waals surface area contributed by atoms with Gasteiger partial charge in [-0.2, -0.15) is 0 Å². The monoisotopic (exact) mass is 425 g/mol. The summed E-state index contributed by atoms with van der Waals surface area (Å²) in [6.45, 7) is 1.44. The van der Waals surface area contributed by atoms with E-state index < -0.39 is 22.5 Å². The van der Waals surface area contributed by atoms with Crippen molar-refractivity contribution in [2.75, 3.05) is 19.0 Å². The number of carbonyl (C=O) groups excluding carboxylic acids is 1. The zero-order valence-electron chi connectivity index (χ0n) is 14.4. The van der Waals surface area contributed by atoms with Gasteiger partial charge < -0.3 is 10.1 Å². The third-order valence-electron chi connectivity index (χ3n) is 3.64. The van der Waals surface area contributed by atoms with Crippen LogP contribution in [0.1, 0.15) is 5.01 Å². The van der Waals surface area contributed by atoms with Gasteiger partial charge in [-0.3, -0.25) is 4.79 Å². The summed E-state index contributed by atoms with van der Waals surface area (Å²) < 4.78 is 33.0. The average molecular weight is 426 g/mol. The predicted octanol–water partition coefficient (Wildman–Crippen LogP) is 3.18. The average Bonchev–Trinajstić information content (AvgIpc) is 2.99. The van der Waals surface area contributed by atoms with Gasteiger partial charge in [-0.05, 0) is 43.3 Å². The minimum atomic E-state index is -3.83. The first kappa shape index (κ1) is 19.6. The normalized spacial score (nSPS) is 11.5. The summed E-state index contributed by atoms with van der Waals surface area (Å²) in [4.78, 5) is 16.4. The van der Waals surface area contributed by atoms with Gasteiger partial charge in [0.25, 0.3) is 0 Å². The van der Waals surface area contributed by atoms with Crippen LogP contribution in [0.3, 0.4) is 0 Å². The fraction of sp³-hybridized carbons (Fsp3) is 0.176. The molecule has 7 nitrogen and oxygen atoms in total. The van der Waals surface area contributed by atoms with Crippen LogP contribution in [0.4, 0.5) is 5.69 Å². The Labute approximate surface area is 165 Å². The van der Waals surface area contributed by atoms with E-state index in [1.807, 2.05) is 6.92 Å². The van der Waals surface area contributed by atoms with Gasteiger partial charge >= 0.3 is 0 Å². The van der Waals surface area contributed by atoms with Gasteiger partial charge in [0, 0.05) is 5.69 Å². The highest BCUT2D eigenvalue weighted by atomic mass is 35.5. The van der Waals surface area contributed by atoms with Crippen molar-refractivity contribution in [2.24, 2.45) is 0 Å². The molecule has 0 spiro atoms. The van der Waals surface area contributed by atoms with E-state index in [2.05, 4.69) is 15.0 Å². The number of methoxy groups -OCH3 is 1. The zero-order chi connectivity index (χ0) is 19.6. The number of aryl methyl sites for hydroxylation is 1. The second-order valence-electron chi connectivity index (χ2n) is 5.58. The largest absolute Gasteiger partial charge is 0.495 e. The second kappa shape index (κ2) is 7.81. The Kier molecular flexibility index (Phi) is 5.66. The molecule has 10 heteroatoms. The molecule has 0 radical (unpaired) electrons. The molecular formula is C17H16ClN3O4S2. The van der Waals surface area contributed by atoms with E-state index in [4.69, 9.17) is 16.3 Å². The first-order valence-electron chi connectivity index (χ1n) is 7.79. The van der Waals surface area contributed by atoms with Crippen LogP contribution < -0.4 is 14.8 Å². The third kappa shape index (κ3) is 4.56. The number of hydrogen-bond donors (Lipinski definition) is 2. The molecule has 1 heterocycles. The van der Waals surface area contributed by atoms with Crippen LogP contribution >= 0.6 is 22.9 Å². The van der Waals surface area contributed by atoms with Crippen molar-refractivity contribution >= 4 is 54.8 Å². The predicted molar refractivity (Wildman–Crippen MR) is 106 cm³/mol. The van der Waals surface area contributed by atoms with Crippen LogP contribution in [0, 0.1) is 6.92 Å². The number of halogens is 1. The van der Waals surface area contributed by atoms with Crippen molar-refractivity contribution in [3.63, 3.8) is 0 Å². The topological polar surface area (TPSA) is 97.4 Å². The SMILES string of the molecule is COc1ccc(NC(=O)CNS(=O)(=O)c2ccc3nc(C)sc3c2)cc1Cl. The van der Waals surface area contributed by atoms with Crippen molar-refractivity contribution in [1.29, 1.82) is 0 Å². The van der Waals surface area contributed by atoms with E-state index >= 15 is 0 Å². The number of rotatable bonds is 6. The minimum absolute atomic E-state index is 0.0824. The Balaban J connectivity index is 1.66. The lowest BCUT2D eigenvalue weighted by atomic mass is 10.3.